The first-order valence-electron chi connectivity index (χ1n) is 4.33. The van der Waals surface area contributed by atoms with Crippen LogP contribution in [0.3, 0.4) is 0 Å². The second-order valence-electron chi connectivity index (χ2n) is 2.94. The lowest BCUT2D eigenvalue weighted by Gasteiger charge is -2.08. The van der Waals surface area contributed by atoms with E-state index in [0.29, 0.717) is 0 Å². The van der Waals surface area contributed by atoms with E-state index in [-0.39, 0.29) is 5.75 Å². The molecule has 0 aromatic heterocycles. The van der Waals surface area contributed by atoms with Gasteiger partial charge in [-0.05, 0) is 12.1 Å². The fraction of sp³-hybridized carbons (Fsp3) is 0.300. The van der Waals surface area contributed by atoms with Gasteiger partial charge in [-0.15, -0.1) is 0 Å². The second-order valence-corrected chi connectivity index (χ2v) is 2.94. The van der Waals surface area contributed by atoms with Gasteiger partial charge >= 0.3 is 5.97 Å². The average Bonchev–Trinajstić information content (AvgIpc) is 2.15. The third-order valence-electron chi connectivity index (χ3n) is 1.65. The number of hydrogen-bond donors (Lipinski definition) is 1. The predicted molar refractivity (Wildman–Crippen MR) is 49.0 cm³/mol. The summed E-state index contributed by atoms with van der Waals surface area (Å²) in [6, 6.07) is 5.55. The monoisotopic (exact) mass is 216 g/mol. The fourth-order valence-corrected chi connectivity index (χ4v) is 0.990. The molecule has 0 radical (unpaired) electrons. The lowest BCUT2D eigenvalue weighted by atomic mass is 10.3. The lowest BCUT2D eigenvalue weighted by Crippen LogP contribution is -2.17. The molecule has 1 atom stereocenters. The van der Waals surface area contributed by atoms with Gasteiger partial charge in [0.1, 0.15) is 12.8 Å². The molecule has 1 aromatic rings. The minimum absolute atomic E-state index is 0.0782. The van der Waals surface area contributed by atoms with Crippen molar-refractivity contribution in [1.29, 1.82) is 0 Å². The van der Waals surface area contributed by atoms with Gasteiger partial charge in [0.15, 0.2) is 11.6 Å². The maximum Gasteiger partial charge on any atom is 0.306 e. The minimum Gasteiger partial charge on any atom is -0.487 e. The van der Waals surface area contributed by atoms with Gasteiger partial charge in [0.25, 0.3) is 0 Å². The van der Waals surface area contributed by atoms with E-state index in [2.05, 4.69) is 0 Å². The summed E-state index contributed by atoms with van der Waals surface area (Å²) in [5, 5.41) is 8.27. The Balaban J connectivity index is 2.43. The Kier molecular flexibility index (Phi) is 4.03. The van der Waals surface area contributed by atoms with Crippen LogP contribution >= 0.6 is 0 Å². The van der Waals surface area contributed by atoms with Gasteiger partial charge in [-0.25, -0.2) is 8.78 Å². The number of aliphatic carboxylic acids is 1. The molecule has 1 unspecified atom stereocenters. The largest absolute Gasteiger partial charge is 0.487 e. The van der Waals surface area contributed by atoms with Crippen LogP contribution in [0.1, 0.15) is 6.42 Å². The van der Waals surface area contributed by atoms with E-state index < -0.39 is 31.0 Å². The van der Waals surface area contributed by atoms with Crippen LogP contribution in [0, 0.1) is 5.82 Å². The highest BCUT2D eigenvalue weighted by Gasteiger charge is 2.13. The third kappa shape index (κ3) is 3.93. The first-order valence-corrected chi connectivity index (χ1v) is 4.33. The Morgan fingerprint density at radius 3 is 2.73 bits per heavy atom. The Bertz CT molecular complexity index is 341. The molecule has 0 spiro atoms. The number of rotatable bonds is 5. The Morgan fingerprint density at radius 1 is 1.47 bits per heavy atom. The van der Waals surface area contributed by atoms with Gasteiger partial charge in [0.2, 0.25) is 0 Å². The Morgan fingerprint density at radius 2 is 2.13 bits per heavy atom. The van der Waals surface area contributed by atoms with E-state index in [9.17, 15) is 13.6 Å². The van der Waals surface area contributed by atoms with E-state index >= 15 is 0 Å². The summed E-state index contributed by atoms with van der Waals surface area (Å²) < 4.78 is 30.6. The summed E-state index contributed by atoms with van der Waals surface area (Å²) in [6.07, 6.45) is -2.28. The molecular weight excluding hydrogens is 206 g/mol. The van der Waals surface area contributed by atoms with Crippen molar-refractivity contribution in [3.8, 4) is 5.75 Å². The normalized spacial score (nSPS) is 12.1. The number of benzene rings is 1. The van der Waals surface area contributed by atoms with E-state index in [1.807, 2.05) is 0 Å². The van der Waals surface area contributed by atoms with Crippen LogP contribution in [0.2, 0.25) is 0 Å². The maximum atomic E-state index is 12.9. The van der Waals surface area contributed by atoms with Crippen molar-refractivity contribution in [2.24, 2.45) is 0 Å². The molecule has 0 saturated heterocycles. The van der Waals surface area contributed by atoms with Crippen molar-refractivity contribution >= 4 is 5.97 Å². The van der Waals surface area contributed by atoms with Crippen LogP contribution in [-0.2, 0) is 4.79 Å². The zero-order valence-electron chi connectivity index (χ0n) is 7.82. The van der Waals surface area contributed by atoms with E-state index in [4.69, 9.17) is 9.84 Å². The molecule has 0 amide bonds. The maximum absolute atomic E-state index is 12.9. The van der Waals surface area contributed by atoms with Gasteiger partial charge in [-0.1, -0.05) is 12.1 Å². The van der Waals surface area contributed by atoms with Gasteiger partial charge < -0.3 is 9.84 Å². The Labute approximate surface area is 85.3 Å². The summed E-state index contributed by atoms with van der Waals surface area (Å²) in [7, 11) is 0. The van der Waals surface area contributed by atoms with Gasteiger partial charge in [0.05, 0.1) is 6.42 Å². The summed E-state index contributed by atoms with van der Waals surface area (Å²) in [4.78, 5) is 10.1. The molecule has 1 aromatic carbocycles. The highest BCUT2D eigenvalue weighted by Crippen LogP contribution is 2.16. The van der Waals surface area contributed by atoms with Crippen LogP contribution in [0.4, 0.5) is 8.78 Å². The van der Waals surface area contributed by atoms with Crippen molar-refractivity contribution in [3.05, 3.63) is 30.1 Å². The van der Waals surface area contributed by atoms with Crippen molar-refractivity contribution < 1.29 is 23.4 Å². The van der Waals surface area contributed by atoms with E-state index in [0.717, 1.165) is 0 Å². The first-order chi connectivity index (χ1) is 7.09. The lowest BCUT2D eigenvalue weighted by molar-refractivity contribution is -0.138. The molecular formula is C10H10F2O3. The molecule has 3 nitrogen and oxygen atoms in total. The third-order valence-corrected chi connectivity index (χ3v) is 1.65. The van der Waals surface area contributed by atoms with Crippen molar-refractivity contribution in [2.45, 2.75) is 12.6 Å². The van der Waals surface area contributed by atoms with Crippen LogP contribution in [0.25, 0.3) is 0 Å². The molecule has 5 heteroatoms. The van der Waals surface area contributed by atoms with Crippen molar-refractivity contribution in [2.75, 3.05) is 6.61 Å². The molecule has 0 saturated carbocycles. The number of hydrogen-bond acceptors (Lipinski definition) is 2. The summed E-state index contributed by atoms with van der Waals surface area (Å²) in [5.74, 6) is -1.93. The Hall–Kier alpha value is -1.65. The zero-order valence-corrected chi connectivity index (χ0v) is 7.82. The minimum atomic E-state index is -1.64. The summed E-state index contributed by atoms with van der Waals surface area (Å²) in [5.41, 5.74) is 0. The zero-order chi connectivity index (χ0) is 11.3. The standard InChI is InChI=1S/C10H10F2O3/c11-7(5-10(13)14)6-15-9-4-2-1-3-8(9)12/h1-4,7H,5-6H2,(H,13,14). The van der Waals surface area contributed by atoms with E-state index in [1.165, 1.54) is 18.2 Å². The highest BCUT2D eigenvalue weighted by atomic mass is 19.1. The predicted octanol–water partition coefficient (Wildman–Crippen LogP) is 2.02. The second kappa shape index (κ2) is 5.29. The highest BCUT2D eigenvalue weighted by molar-refractivity contribution is 5.67. The molecule has 0 aliphatic rings. The van der Waals surface area contributed by atoms with Crippen molar-refractivity contribution in [3.63, 3.8) is 0 Å². The smallest absolute Gasteiger partial charge is 0.306 e. The molecule has 0 bridgehead atoms. The fourth-order valence-electron chi connectivity index (χ4n) is 0.990. The van der Waals surface area contributed by atoms with Crippen LogP contribution in [-0.4, -0.2) is 23.9 Å². The average molecular weight is 216 g/mol. The molecule has 0 aliphatic heterocycles. The van der Waals surface area contributed by atoms with Gasteiger partial charge in [0, 0.05) is 0 Å². The first kappa shape index (κ1) is 11.4. The summed E-state index contributed by atoms with van der Waals surface area (Å²) in [6.45, 7) is -0.465. The molecule has 0 aliphatic carbocycles. The van der Waals surface area contributed by atoms with Crippen LogP contribution in [0.5, 0.6) is 5.75 Å². The number of carboxylic acids is 1. The molecule has 82 valence electrons. The number of ether oxygens (including phenoxy) is 1. The van der Waals surface area contributed by atoms with E-state index in [1.54, 1.807) is 6.07 Å². The topological polar surface area (TPSA) is 46.5 Å². The molecule has 0 heterocycles. The SMILES string of the molecule is O=C(O)CC(F)COc1ccccc1F. The number of carboxylic acid groups (broad SMARTS) is 1. The van der Waals surface area contributed by atoms with Crippen molar-refractivity contribution in [1.82, 2.24) is 0 Å². The number of alkyl halides is 1. The number of halogens is 2. The molecule has 1 rings (SSSR count). The van der Waals surface area contributed by atoms with Crippen LogP contribution in [0.15, 0.2) is 24.3 Å². The van der Waals surface area contributed by atoms with Crippen LogP contribution < -0.4 is 4.74 Å². The van der Waals surface area contributed by atoms with Gasteiger partial charge in [-0.2, -0.15) is 0 Å². The molecule has 15 heavy (non-hydrogen) atoms. The molecule has 1 N–H and O–H groups in total. The van der Waals surface area contributed by atoms with Gasteiger partial charge in [-0.3, -0.25) is 4.79 Å². The number of carbonyl (C=O) groups is 1. The summed E-state index contributed by atoms with van der Waals surface area (Å²) >= 11 is 0. The quantitative estimate of drug-likeness (QED) is 0.818. The number of para-hydroxylation sites is 1. The molecule has 0 fully saturated rings.